The standard InChI is InChI=1S/C11H14N2/c1-4-9-12-10-7-5-6-8-11(10)13(2)3/h4-9H,1H2,2-3H3/b12-9+. The zero-order valence-electron chi connectivity index (χ0n) is 8.07. The molecule has 1 rings (SSSR count). The number of hydrogen-bond acceptors (Lipinski definition) is 2. The molecular weight excluding hydrogens is 160 g/mol. The predicted molar refractivity (Wildman–Crippen MR) is 59.1 cm³/mol. The van der Waals surface area contributed by atoms with Crippen molar-refractivity contribution in [3.8, 4) is 0 Å². The van der Waals surface area contributed by atoms with Gasteiger partial charge in [-0.25, -0.2) is 0 Å². The Balaban J connectivity index is 3.04. The Labute approximate surface area is 79.2 Å². The maximum absolute atomic E-state index is 4.26. The van der Waals surface area contributed by atoms with Gasteiger partial charge in [0.2, 0.25) is 0 Å². The number of para-hydroxylation sites is 2. The van der Waals surface area contributed by atoms with E-state index in [1.165, 1.54) is 0 Å². The summed E-state index contributed by atoms with van der Waals surface area (Å²) in [7, 11) is 4.00. The van der Waals surface area contributed by atoms with Gasteiger partial charge >= 0.3 is 0 Å². The Hall–Kier alpha value is -1.57. The van der Waals surface area contributed by atoms with Crippen LogP contribution in [0.5, 0.6) is 0 Å². The smallest absolute Gasteiger partial charge is 0.0862 e. The molecule has 0 aromatic heterocycles. The van der Waals surface area contributed by atoms with Crippen molar-refractivity contribution in [2.75, 3.05) is 19.0 Å². The Morgan fingerprint density at radius 3 is 2.62 bits per heavy atom. The van der Waals surface area contributed by atoms with Gasteiger partial charge in [-0.2, -0.15) is 0 Å². The van der Waals surface area contributed by atoms with Gasteiger partial charge in [0.1, 0.15) is 0 Å². The van der Waals surface area contributed by atoms with E-state index in [0.717, 1.165) is 11.4 Å². The molecule has 0 amide bonds. The highest BCUT2D eigenvalue weighted by Gasteiger charge is 1.99. The van der Waals surface area contributed by atoms with Gasteiger partial charge in [0.25, 0.3) is 0 Å². The SMILES string of the molecule is C=C/C=N/c1ccccc1N(C)C. The summed E-state index contributed by atoms with van der Waals surface area (Å²) in [5.74, 6) is 0. The Morgan fingerprint density at radius 1 is 1.31 bits per heavy atom. The van der Waals surface area contributed by atoms with Crippen LogP contribution in [0.1, 0.15) is 0 Å². The largest absolute Gasteiger partial charge is 0.376 e. The van der Waals surface area contributed by atoms with Crippen LogP contribution in [0.3, 0.4) is 0 Å². The molecule has 0 aliphatic carbocycles. The fraction of sp³-hybridized carbons (Fsp3) is 0.182. The summed E-state index contributed by atoms with van der Waals surface area (Å²) in [4.78, 5) is 6.30. The molecule has 1 aromatic carbocycles. The first-order valence-corrected chi connectivity index (χ1v) is 4.17. The van der Waals surface area contributed by atoms with E-state index in [1.807, 2.05) is 43.3 Å². The number of aliphatic imine (C=N–C) groups is 1. The lowest BCUT2D eigenvalue weighted by Gasteiger charge is -2.14. The maximum Gasteiger partial charge on any atom is 0.0862 e. The van der Waals surface area contributed by atoms with Crippen molar-refractivity contribution >= 4 is 17.6 Å². The molecule has 0 aliphatic rings. The first-order chi connectivity index (χ1) is 6.25. The minimum atomic E-state index is 0.965. The van der Waals surface area contributed by atoms with Crippen molar-refractivity contribution < 1.29 is 0 Å². The summed E-state index contributed by atoms with van der Waals surface area (Å²) in [6.45, 7) is 3.59. The zero-order chi connectivity index (χ0) is 9.68. The van der Waals surface area contributed by atoms with Crippen molar-refractivity contribution in [1.82, 2.24) is 0 Å². The van der Waals surface area contributed by atoms with Gasteiger partial charge in [-0.15, -0.1) is 0 Å². The molecule has 0 fully saturated rings. The van der Waals surface area contributed by atoms with E-state index in [0.29, 0.717) is 0 Å². The molecule has 0 bridgehead atoms. The Bertz CT molecular complexity index is 314. The van der Waals surface area contributed by atoms with Crippen LogP contribution in [0, 0.1) is 0 Å². The Morgan fingerprint density at radius 2 is 2.00 bits per heavy atom. The molecule has 1 aromatic rings. The molecule has 0 heterocycles. The number of anilines is 1. The van der Waals surface area contributed by atoms with E-state index in [2.05, 4.69) is 11.6 Å². The monoisotopic (exact) mass is 174 g/mol. The van der Waals surface area contributed by atoms with Crippen molar-refractivity contribution in [1.29, 1.82) is 0 Å². The van der Waals surface area contributed by atoms with Crippen LogP contribution in [0.2, 0.25) is 0 Å². The molecule has 2 nitrogen and oxygen atoms in total. The number of rotatable bonds is 3. The van der Waals surface area contributed by atoms with E-state index in [-0.39, 0.29) is 0 Å². The lowest BCUT2D eigenvalue weighted by Crippen LogP contribution is -2.08. The third kappa shape index (κ3) is 2.44. The molecule has 0 atom stereocenters. The van der Waals surface area contributed by atoms with Gasteiger partial charge in [-0.3, -0.25) is 4.99 Å². The van der Waals surface area contributed by atoms with Crippen LogP contribution in [0.4, 0.5) is 11.4 Å². The van der Waals surface area contributed by atoms with Gasteiger partial charge in [-0.05, 0) is 12.1 Å². The van der Waals surface area contributed by atoms with Gasteiger partial charge in [0.05, 0.1) is 11.4 Å². The van der Waals surface area contributed by atoms with Crippen molar-refractivity contribution in [3.63, 3.8) is 0 Å². The average Bonchev–Trinajstić information content (AvgIpc) is 2.15. The van der Waals surface area contributed by atoms with E-state index in [1.54, 1.807) is 12.3 Å². The normalized spacial score (nSPS) is 10.3. The topological polar surface area (TPSA) is 15.6 Å². The molecule has 13 heavy (non-hydrogen) atoms. The molecule has 0 spiro atoms. The molecule has 2 heteroatoms. The second-order valence-corrected chi connectivity index (χ2v) is 2.90. The molecular formula is C11H14N2. The minimum Gasteiger partial charge on any atom is -0.376 e. The van der Waals surface area contributed by atoms with E-state index >= 15 is 0 Å². The lowest BCUT2D eigenvalue weighted by atomic mass is 10.2. The molecule has 0 saturated carbocycles. The van der Waals surface area contributed by atoms with Crippen LogP contribution in [0.25, 0.3) is 0 Å². The van der Waals surface area contributed by atoms with Crippen LogP contribution in [0.15, 0.2) is 41.9 Å². The summed E-state index contributed by atoms with van der Waals surface area (Å²) >= 11 is 0. The van der Waals surface area contributed by atoms with Gasteiger partial charge in [0.15, 0.2) is 0 Å². The summed E-state index contributed by atoms with van der Waals surface area (Å²) in [6.07, 6.45) is 3.37. The van der Waals surface area contributed by atoms with Crippen LogP contribution >= 0.6 is 0 Å². The van der Waals surface area contributed by atoms with E-state index in [4.69, 9.17) is 0 Å². The highest BCUT2D eigenvalue weighted by molar-refractivity contribution is 5.78. The van der Waals surface area contributed by atoms with Gasteiger partial charge in [0, 0.05) is 20.3 Å². The van der Waals surface area contributed by atoms with Crippen LogP contribution in [-0.2, 0) is 0 Å². The summed E-state index contributed by atoms with van der Waals surface area (Å²) < 4.78 is 0. The quantitative estimate of drug-likeness (QED) is 0.643. The zero-order valence-corrected chi connectivity index (χ0v) is 8.07. The van der Waals surface area contributed by atoms with E-state index in [9.17, 15) is 0 Å². The molecule has 0 aliphatic heterocycles. The minimum absolute atomic E-state index is 0.965. The summed E-state index contributed by atoms with van der Waals surface area (Å²) in [5.41, 5.74) is 2.08. The fourth-order valence-corrected chi connectivity index (χ4v) is 1.08. The number of nitrogens with zero attached hydrogens (tertiary/aromatic N) is 2. The molecule has 0 radical (unpaired) electrons. The van der Waals surface area contributed by atoms with Crippen molar-refractivity contribution in [3.05, 3.63) is 36.9 Å². The molecule has 68 valence electrons. The lowest BCUT2D eigenvalue weighted by molar-refractivity contribution is 1.13. The average molecular weight is 174 g/mol. The highest BCUT2D eigenvalue weighted by atomic mass is 15.1. The third-order valence-electron chi connectivity index (χ3n) is 1.68. The number of allylic oxidation sites excluding steroid dienone is 1. The number of benzene rings is 1. The van der Waals surface area contributed by atoms with Crippen LogP contribution < -0.4 is 4.90 Å². The molecule has 0 N–H and O–H groups in total. The first-order valence-electron chi connectivity index (χ1n) is 4.17. The van der Waals surface area contributed by atoms with Crippen LogP contribution in [-0.4, -0.2) is 20.3 Å². The molecule has 0 saturated heterocycles. The maximum atomic E-state index is 4.26. The second kappa shape index (κ2) is 4.45. The van der Waals surface area contributed by atoms with Gasteiger partial charge < -0.3 is 4.90 Å². The van der Waals surface area contributed by atoms with Crippen molar-refractivity contribution in [2.24, 2.45) is 4.99 Å². The summed E-state index contributed by atoms with van der Waals surface area (Å²) in [5, 5.41) is 0. The molecule has 0 unspecified atom stereocenters. The summed E-state index contributed by atoms with van der Waals surface area (Å²) in [6, 6.07) is 8.00. The Kier molecular flexibility index (Phi) is 3.26. The van der Waals surface area contributed by atoms with Gasteiger partial charge in [-0.1, -0.05) is 24.8 Å². The highest BCUT2D eigenvalue weighted by Crippen LogP contribution is 2.25. The fourth-order valence-electron chi connectivity index (χ4n) is 1.08. The number of hydrogen-bond donors (Lipinski definition) is 0. The van der Waals surface area contributed by atoms with Crippen molar-refractivity contribution in [2.45, 2.75) is 0 Å². The van der Waals surface area contributed by atoms with E-state index < -0.39 is 0 Å². The first kappa shape index (κ1) is 9.52. The predicted octanol–water partition coefficient (Wildman–Crippen LogP) is 2.64. The second-order valence-electron chi connectivity index (χ2n) is 2.90. The third-order valence-corrected chi connectivity index (χ3v) is 1.68.